The predicted molar refractivity (Wildman–Crippen MR) is 132 cm³/mol. The Labute approximate surface area is 215 Å². The minimum atomic E-state index is -1.82. The molecule has 2 aliphatic rings. The zero-order valence-corrected chi connectivity index (χ0v) is 20.6. The van der Waals surface area contributed by atoms with Crippen molar-refractivity contribution in [3.05, 3.63) is 54.1 Å². The molecular weight excluding hydrogens is 480 g/mol. The van der Waals surface area contributed by atoms with Gasteiger partial charge in [-0.25, -0.2) is 9.59 Å². The first kappa shape index (κ1) is 27.6. The van der Waals surface area contributed by atoms with Gasteiger partial charge in [0.2, 0.25) is 5.91 Å². The summed E-state index contributed by atoms with van der Waals surface area (Å²) in [5.41, 5.74) is 1.44. The van der Waals surface area contributed by atoms with E-state index in [-0.39, 0.29) is 11.8 Å². The van der Waals surface area contributed by atoms with Gasteiger partial charge in [0.25, 0.3) is 5.91 Å². The Kier molecular flexibility index (Phi) is 10.4. The number of nitrogens with zero attached hydrogens (tertiary/aromatic N) is 4. The molecule has 11 heteroatoms. The van der Waals surface area contributed by atoms with Gasteiger partial charge in [-0.15, -0.1) is 0 Å². The normalized spacial score (nSPS) is 15.8. The molecule has 1 aliphatic carbocycles. The fourth-order valence-electron chi connectivity index (χ4n) is 4.31. The van der Waals surface area contributed by atoms with Crippen LogP contribution in [-0.2, 0) is 20.8 Å². The lowest BCUT2D eigenvalue weighted by molar-refractivity contribution is -0.159. The maximum absolute atomic E-state index is 12.9. The number of hydrogen-bond acceptors (Lipinski definition) is 7. The van der Waals surface area contributed by atoms with Crippen molar-refractivity contribution < 1.29 is 34.1 Å². The smallest absolute Gasteiger partial charge is 0.414 e. The highest BCUT2D eigenvalue weighted by molar-refractivity contribution is 6.27. The van der Waals surface area contributed by atoms with E-state index in [1.54, 1.807) is 35.8 Å². The van der Waals surface area contributed by atoms with Crippen LogP contribution in [0.25, 0.3) is 0 Å². The predicted octanol–water partition coefficient (Wildman–Crippen LogP) is 2.12. The lowest BCUT2D eigenvalue weighted by atomic mass is 9.90. The van der Waals surface area contributed by atoms with Crippen LogP contribution < -0.4 is 4.74 Å². The lowest BCUT2D eigenvalue weighted by Gasteiger charge is -2.35. The van der Waals surface area contributed by atoms with Crippen LogP contribution in [0.1, 0.15) is 48.0 Å². The van der Waals surface area contributed by atoms with E-state index < -0.39 is 11.9 Å². The Balaban J connectivity index is 0.000000568. The summed E-state index contributed by atoms with van der Waals surface area (Å²) in [7, 11) is 0. The molecule has 2 aromatic rings. The van der Waals surface area contributed by atoms with Gasteiger partial charge in [-0.05, 0) is 36.5 Å². The van der Waals surface area contributed by atoms with E-state index in [0.29, 0.717) is 56.4 Å². The highest BCUT2D eigenvalue weighted by Crippen LogP contribution is 2.25. The molecule has 1 aliphatic heterocycles. The fraction of sp³-hybridized carbons (Fsp3) is 0.462. The highest BCUT2D eigenvalue weighted by Gasteiger charge is 2.25. The van der Waals surface area contributed by atoms with E-state index >= 15 is 0 Å². The summed E-state index contributed by atoms with van der Waals surface area (Å²) in [5.74, 6) is -2.38. The molecule has 2 fully saturated rings. The number of carbonyl (C=O) groups is 4. The summed E-state index contributed by atoms with van der Waals surface area (Å²) in [6, 6.07) is 5.53. The van der Waals surface area contributed by atoms with Gasteiger partial charge in [0.1, 0.15) is 5.75 Å². The first-order valence-electron chi connectivity index (χ1n) is 12.3. The number of aliphatic carboxylic acids is 2. The van der Waals surface area contributed by atoms with Gasteiger partial charge in [-0.1, -0.05) is 25.3 Å². The molecule has 2 aromatic heterocycles. The Morgan fingerprint density at radius 2 is 1.57 bits per heavy atom. The second-order valence-electron chi connectivity index (χ2n) is 9.05. The summed E-state index contributed by atoms with van der Waals surface area (Å²) in [6.45, 7) is 2.80. The molecule has 0 spiro atoms. The minimum Gasteiger partial charge on any atom is -0.492 e. The molecule has 0 atom stereocenters. The van der Waals surface area contributed by atoms with Gasteiger partial charge in [-0.3, -0.25) is 19.6 Å². The van der Waals surface area contributed by atoms with Gasteiger partial charge in [0, 0.05) is 44.8 Å². The number of aromatic nitrogens is 2. The number of carboxylic acid groups (broad SMARTS) is 2. The van der Waals surface area contributed by atoms with Crippen molar-refractivity contribution in [3.8, 4) is 5.75 Å². The van der Waals surface area contributed by atoms with Crippen molar-refractivity contribution in [1.29, 1.82) is 0 Å². The highest BCUT2D eigenvalue weighted by atomic mass is 16.5. The molecule has 2 N–H and O–H groups in total. The van der Waals surface area contributed by atoms with Gasteiger partial charge in [0.15, 0.2) is 0 Å². The molecule has 1 saturated heterocycles. The third-order valence-electron chi connectivity index (χ3n) is 6.35. The van der Waals surface area contributed by atoms with Crippen LogP contribution in [0, 0.1) is 5.92 Å². The summed E-state index contributed by atoms with van der Waals surface area (Å²) in [4.78, 5) is 55.5. The third kappa shape index (κ3) is 8.85. The first-order valence-corrected chi connectivity index (χ1v) is 12.3. The monoisotopic (exact) mass is 512 g/mol. The van der Waals surface area contributed by atoms with Crippen LogP contribution >= 0.6 is 0 Å². The van der Waals surface area contributed by atoms with Crippen LogP contribution in [0.2, 0.25) is 0 Å². The van der Waals surface area contributed by atoms with Crippen molar-refractivity contribution in [2.45, 2.75) is 38.5 Å². The number of pyridine rings is 2. The Bertz CT molecular complexity index is 1050. The molecule has 1 saturated carbocycles. The fourth-order valence-corrected chi connectivity index (χ4v) is 4.31. The van der Waals surface area contributed by atoms with Crippen LogP contribution in [0.5, 0.6) is 5.75 Å². The Morgan fingerprint density at radius 1 is 0.892 bits per heavy atom. The van der Waals surface area contributed by atoms with E-state index in [9.17, 15) is 9.59 Å². The van der Waals surface area contributed by atoms with E-state index in [4.69, 9.17) is 24.5 Å². The molecule has 0 bridgehead atoms. The first-order chi connectivity index (χ1) is 17.8. The standard InChI is InChI=1S/C24H30N4O3.C2H2O4/c29-23(13-20-7-4-8-25-15-20)27-9-11-28(12-10-27)24(30)21-14-22(17-26-16-21)31-18-19-5-2-1-3-6-19;3-1(4)2(5)6/h4,7-8,14-17,19H,1-3,5-6,9-13,18H2;(H,3,4)(H,5,6). The average Bonchev–Trinajstić information content (AvgIpc) is 2.93. The third-order valence-corrected chi connectivity index (χ3v) is 6.35. The number of amides is 2. The average molecular weight is 513 g/mol. The van der Waals surface area contributed by atoms with Crippen molar-refractivity contribution in [2.24, 2.45) is 5.92 Å². The lowest BCUT2D eigenvalue weighted by Crippen LogP contribution is -2.51. The minimum absolute atomic E-state index is 0.0602. The number of carboxylic acids is 2. The summed E-state index contributed by atoms with van der Waals surface area (Å²) in [6.07, 6.45) is 13.3. The topological polar surface area (TPSA) is 150 Å². The van der Waals surface area contributed by atoms with Crippen molar-refractivity contribution in [2.75, 3.05) is 32.8 Å². The van der Waals surface area contributed by atoms with E-state index in [1.165, 1.54) is 32.1 Å². The molecule has 198 valence electrons. The Hall–Kier alpha value is -4.02. The molecule has 0 aromatic carbocycles. The largest absolute Gasteiger partial charge is 0.492 e. The van der Waals surface area contributed by atoms with Crippen LogP contribution in [-0.4, -0.2) is 86.5 Å². The maximum atomic E-state index is 12.9. The molecule has 0 radical (unpaired) electrons. The van der Waals surface area contributed by atoms with Crippen molar-refractivity contribution in [3.63, 3.8) is 0 Å². The summed E-state index contributed by atoms with van der Waals surface area (Å²) in [5, 5.41) is 14.8. The van der Waals surface area contributed by atoms with Crippen molar-refractivity contribution >= 4 is 23.8 Å². The summed E-state index contributed by atoms with van der Waals surface area (Å²) < 4.78 is 5.94. The van der Waals surface area contributed by atoms with Gasteiger partial charge in [0.05, 0.1) is 24.8 Å². The quantitative estimate of drug-likeness (QED) is 0.555. The second-order valence-corrected chi connectivity index (χ2v) is 9.05. The van der Waals surface area contributed by atoms with E-state index in [0.717, 1.165) is 5.56 Å². The molecular formula is C26H32N4O7. The van der Waals surface area contributed by atoms with Crippen molar-refractivity contribution in [1.82, 2.24) is 19.8 Å². The Morgan fingerprint density at radius 3 is 2.19 bits per heavy atom. The van der Waals surface area contributed by atoms with Gasteiger partial charge >= 0.3 is 11.9 Å². The number of ether oxygens (including phenoxy) is 1. The molecule has 37 heavy (non-hydrogen) atoms. The molecule has 11 nitrogen and oxygen atoms in total. The molecule has 0 unspecified atom stereocenters. The van der Waals surface area contributed by atoms with Gasteiger partial charge < -0.3 is 24.7 Å². The number of rotatable bonds is 6. The molecule has 2 amide bonds. The van der Waals surface area contributed by atoms with Gasteiger partial charge in [-0.2, -0.15) is 0 Å². The van der Waals surface area contributed by atoms with E-state index in [2.05, 4.69) is 9.97 Å². The number of hydrogen-bond donors (Lipinski definition) is 2. The van der Waals surface area contributed by atoms with Crippen LogP contribution in [0.15, 0.2) is 43.0 Å². The SMILES string of the molecule is O=C(Cc1cccnc1)N1CCN(C(=O)c2cncc(OCC3CCCCC3)c2)CC1.O=C(O)C(=O)O. The van der Waals surface area contributed by atoms with Crippen LogP contribution in [0.3, 0.4) is 0 Å². The zero-order valence-electron chi connectivity index (χ0n) is 20.6. The van der Waals surface area contributed by atoms with Crippen LogP contribution in [0.4, 0.5) is 0 Å². The second kappa shape index (κ2) is 13.9. The zero-order chi connectivity index (χ0) is 26.6. The van der Waals surface area contributed by atoms with E-state index in [1.807, 2.05) is 17.0 Å². The number of carbonyl (C=O) groups excluding carboxylic acids is 2. The maximum Gasteiger partial charge on any atom is 0.414 e. The molecule has 4 rings (SSSR count). The number of piperazine rings is 1. The summed E-state index contributed by atoms with van der Waals surface area (Å²) >= 11 is 0. The molecule has 3 heterocycles.